The predicted octanol–water partition coefficient (Wildman–Crippen LogP) is 3.22. The summed E-state index contributed by atoms with van der Waals surface area (Å²) in [5.41, 5.74) is 2.51. The van der Waals surface area contributed by atoms with Crippen LogP contribution in [0.1, 0.15) is 48.7 Å². The van der Waals surface area contributed by atoms with Crippen molar-refractivity contribution in [3.05, 3.63) is 28.8 Å². The van der Waals surface area contributed by atoms with E-state index in [1.165, 1.54) is 7.11 Å². The number of hydrogen-bond donors (Lipinski definition) is 0. The van der Waals surface area contributed by atoms with Crippen LogP contribution in [-0.4, -0.2) is 62.2 Å². The summed E-state index contributed by atoms with van der Waals surface area (Å²) in [6.45, 7) is 10.5. The molecule has 1 fully saturated rings. The summed E-state index contributed by atoms with van der Waals surface area (Å²) in [5.74, 6) is 0.588. The van der Waals surface area contributed by atoms with Crippen molar-refractivity contribution in [2.75, 3.05) is 40.4 Å². The molecular weight excluding hydrogens is 332 g/mol. The Balaban J connectivity index is 2.32. The Morgan fingerprint density at radius 1 is 1.00 bits per heavy atom. The Bertz CT molecular complexity index is 679. The first kappa shape index (κ1) is 20.1. The van der Waals surface area contributed by atoms with Crippen LogP contribution >= 0.6 is 0 Å². The summed E-state index contributed by atoms with van der Waals surface area (Å²) < 4.78 is 10.4. The first-order chi connectivity index (χ1) is 12.2. The second-order valence-corrected chi connectivity index (χ2v) is 7.75. The van der Waals surface area contributed by atoms with Gasteiger partial charge in [-0.05, 0) is 30.4 Å². The Labute approximate surface area is 156 Å². The van der Waals surface area contributed by atoms with Crippen LogP contribution in [0.2, 0.25) is 0 Å². The molecule has 0 unspecified atom stereocenters. The molecule has 0 aliphatic carbocycles. The molecule has 26 heavy (non-hydrogen) atoms. The molecule has 1 aliphatic heterocycles. The highest BCUT2D eigenvalue weighted by molar-refractivity contribution is 5.98. The van der Waals surface area contributed by atoms with E-state index in [1.807, 2.05) is 13.0 Å². The lowest BCUT2D eigenvalue weighted by atomic mass is 9.84. The maximum atomic E-state index is 13.2. The summed E-state index contributed by atoms with van der Waals surface area (Å²) in [6.07, 6.45) is 0.378. The molecule has 1 saturated heterocycles. The van der Waals surface area contributed by atoms with Crippen molar-refractivity contribution < 1.29 is 19.1 Å². The third-order valence-electron chi connectivity index (χ3n) is 4.69. The molecule has 2 rings (SSSR count). The number of ether oxygens (including phenoxy) is 2. The Hall–Kier alpha value is -2.24. The highest BCUT2D eigenvalue weighted by Crippen LogP contribution is 2.35. The molecule has 0 aromatic heterocycles. The predicted molar refractivity (Wildman–Crippen MR) is 101 cm³/mol. The average Bonchev–Trinajstić information content (AvgIpc) is 2.85. The summed E-state index contributed by atoms with van der Waals surface area (Å²) in [5, 5.41) is 0. The van der Waals surface area contributed by atoms with Crippen molar-refractivity contribution in [3.63, 3.8) is 0 Å². The molecule has 1 heterocycles. The summed E-state index contributed by atoms with van der Waals surface area (Å²) >= 11 is 0. The third kappa shape index (κ3) is 4.29. The minimum atomic E-state index is -0.345. The second-order valence-electron chi connectivity index (χ2n) is 7.75. The molecule has 2 amide bonds. The van der Waals surface area contributed by atoms with Gasteiger partial charge in [0.05, 0.1) is 19.8 Å². The number of nitrogens with zero attached hydrogens (tertiary/aromatic N) is 2. The van der Waals surface area contributed by atoms with Crippen molar-refractivity contribution >= 4 is 12.0 Å². The number of carbonyl (C=O) groups is 2. The number of rotatable bonds is 2. The second kappa shape index (κ2) is 7.98. The van der Waals surface area contributed by atoms with Gasteiger partial charge in [0.25, 0.3) is 5.91 Å². The number of methoxy groups -OCH3 is 2. The zero-order chi connectivity index (χ0) is 19.5. The highest BCUT2D eigenvalue weighted by Gasteiger charge is 2.28. The van der Waals surface area contributed by atoms with Crippen LogP contribution in [0.5, 0.6) is 5.75 Å². The van der Waals surface area contributed by atoms with Crippen LogP contribution in [-0.2, 0) is 10.2 Å². The summed E-state index contributed by atoms with van der Waals surface area (Å²) in [7, 11) is 2.99. The lowest BCUT2D eigenvalue weighted by molar-refractivity contribution is 0.0753. The smallest absolute Gasteiger partial charge is 0.409 e. The van der Waals surface area contributed by atoms with Crippen molar-refractivity contribution in [3.8, 4) is 5.75 Å². The largest absolute Gasteiger partial charge is 0.496 e. The third-order valence-corrected chi connectivity index (χ3v) is 4.69. The first-order valence-corrected chi connectivity index (χ1v) is 9.00. The SMILES string of the molecule is COC(=O)N1CCCN(C(=O)c2cc(C)cc(C(C)(C)C)c2OC)CC1. The van der Waals surface area contributed by atoms with Gasteiger partial charge in [0, 0.05) is 31.7 Å². The van der Waals surface area contributed by atoms with Gasteiger partial charge < -0.3 is 19.3 Å². The fraction of sp³-hybridized carbons (Fsp3) is 0.600. The van der Waals surface area contributed by atoms with Gasteiger partial charge in [-0.15, -0.1) is 0 Å². The minimum Gasteiger partial charge on any atom is -0.496 e. The molecule has 0 atom stereocenters. The number of aryl methyl sites for hydroxylation is 1. The minimum absolute atomic E-state index is 0.0530. The number of hydrogen-bond acceptors (Lipinski definition) is 4. The standard InChI is InChI=1S/C20H30N2O4/c1-14-12-15(17(25-5)16(13-14)20(2,3)4)18(23)21-8-7-9-22(11-10-21)19(24)26-6/h12-13H,7-11H2,1-6H3. The van der Waals surface area contributed by atoms with Gasteiger partial charge in [-0.3, -0.25) is 4.79 Å². The van der Waals surface area contributed by atoms with Gasteiger partial charge in [-0.1, -0.05) is 26.8 Å². The molecule has 6 heteroatoms. The summed E-state index contributed by atoms with van der Waals surface area (Å²) in [4.78, 5) is 28.4. The molecule has 0 radical (unpaired) electrons. The molecule has 0 bridgehead atoms. The molecule has 1 aromatic carbocycles. The maximum absolute atomic E-state index is 13.2. The van der Waals surface area contributed by atoms with Crippen molar-refractivity contribution in [2.24, 2.45) is 0 Å². The topological polar surface area (TPSA) is 59.1 Å². The van der Waals surface area contributed by atoms with Gasteiger partial charge in [0.2, 0.25) is 0 Å². The van der Waals surface area contributed by atoms with Crippen LogP contribution in [0.15, 0.2) is 12.1 Å². The van der Waals surface area contributed by atoms with Gasteiger partial charge >= 0.3 is 6.09 Å². The van der Waals surface area contributed by atoms with Crippen LogP contribution in [0.4, 0.5) is 4.79 Å². The van der Waals surface area contributed by atoms with Crippen LogP contribution < -0.4 is 4.74 Å². The summed E-state index contributed by atoms with van der Waals surface area (Å²) in [6, 6.07) is 3.97. The van der Waals surface area contributed by atoms with E-state index in [9.17, 15) is 9.59 Å². The normalized spacial score (nSPS) is 15.5. The molecular formula is C20H30N2O4. The lowest BCUT2D eigenvalue weighted by Crippen LogP contribution is -2.37. The number of benzene rings is 1. The first-order valence-electron chi connectivity index (χ1n) is 9.00. The van der Waals surface area contributed by atoms with E-state index in [1.54, 1.807) is 16.9 Å². The Morgan fingerprint density at radius 3 is 2.19 bits per heavy atom. The molecule has 6 nitrogen and oxygen atoms in total. The van der Waals surface area contributed by atoms with Crippen LogP contribution in [0, 0.1) is 6.92 Å². The molecule has 0 spiro atoms. The lowest BCUT2D eigenvalue weighted by Gasteiger charge is -2.27. The fourth-order valence-corrected chi connectivity index (χ4v) is 3.31. The fourth-order valence-electron chi connectivity index (χ4n) is 3.31. The van der Waals surface area contributed by atoms with Crippen LogP contribution in [0.3, 0.4) is 0 Å². The van der Waals surface area contributed by atoms with Crippen molar-refractivity contribution in [1.82, 2.24) is 9.80 Å². The van der Waals surface area contributed by atoms with Gasteiger partial charge in [-0.25, -0.2) is 4.79 Å². The van der Waals surface area contributed by atoms with Crippen molar-refractivity contribution in [2.45, 2.75) is 39.5 Å². The van der Waals surface area contributed by atoms with E-state index >= 15 is 0 Å². The number of amides is 2. The van der Waals surface area contributed by atoms with E-state index < -0.39 is 0 Å². The zero-order valence-corrected chi connectivity index (χ0v) is 16.7. The highest BCUT2D eigenvalue weighted by atomic mass is 16.5. The van der Waals surface area contributed by atoms with E-state index in [4.69, 9.17) is 9.47 Å². The van der Waals surface area contributed by atoms with Gasteiger partial charge in [0.1, 0.15) is 5.75 Å². The van der Waals surface area contributed by atoms with Gasteiger partial charge in [-0.2, -0.15) is 0 Å². The molecule has 1 aliphatic rings. The molecule has 0 saturated carbocycles. The average molecular weight is 362 g/mol. The molecule has 1 aromatic rings. The van der Waals surface area contributed by atoms with E-state index in [-0.39, 0.29) is 17.4 Å². The number of carbonyl (C=O) groups excluding carboxylic acids is 2. The quantitative estimate of drug-likeness (QED) is 0.810. The maximum Gasteiger partial charge on any atom is 0.409 e. The van der Waals surface area contributed by atoms with E-state index in [0.29, 0.717) is 37.5 Å². The van der Waals surface area contributed by atoms with Gasteiger partial charge in [0.15, 0.2) is 0 Å². The van der Waals surface area contributed by atoms with Crippen molar-refractivity contribution in [1.29, 1.82) is 0 Å². The van der Waals surface area contributed by atoms with E-state index in [2.05, 4.69) is 26.8 Å². The Kier molecular flexibility index (Phi) is 6.16. The Morgan fingerprint density at radius 2 is 1.62 bits per heavy atom. The van der Waals surface area contributed by atoms with E-state index in [0.717, 1.165) is 17.5 Å². The van der Waals surface area contributed by atoms with Crippen LogP contribution in [0.25, 0.3) is 0 Å². The molecule has 0 N–H and O–H groups in total. The monoisotopic (exact) mass is 362 g/mol. The zero-order valence-electron chi connectivity index (χ0n) is 16.7. The molecule has 144 valence electrons.